The zero-order valence-electron chi connectivity index (χ0n) is 11.7. The topological polar surface area (TPSA) is 42.2 Å². The highest BCUT2D eigenvalue weighted by Crippen LogP contribution is 2.10. The van der Waals surface area contributed by atoms with Crippen molar-refractivity contribution in [1.82, 2.24) is 5.32 Å². The van der Waals surface area contributed by atoms with Gasteiger partial charge in [0.25, 0.3) is 5.91 Å². The largest absolute Gasteiger partial charge is 0.469 e. The predicted molar refractivity (Wildman–Crippen MR) is 75.1 cm³/mol. The van der Waals surface area contributed by atoms with Gasteiger partial charge in [-0.2, -0.15) is 0 Å². The third-order valence-electron chi connectivity index (χ3n) is 3.22. The fourth-order valence-electron chi connectivity index (χ4n) is 1.93. The van der Waals surface area contributed by atoms with Gasteiger partial charge in [-0.15, -0.1) is 0 Å². The summed E-state index contributed by atoms with van der Waals surface area (Å²) in [5.41, 5.74) is 0.880. The summed E-state index contributed by atoms with van der Waals surface area (Å²) in [6.45, 7) is 3.59. The van der Waals surface area contributed by atoms with Crippen LogP contribution in [-0.4, -0.2) is 11.9 Å². The van der Waals surface area contributed by atoms with Crippen LogP contribution < -0.4 is 5.32 Å². The Hall–Kier alpha value is -2.10. The smallest absolute Gasteiger partial charge is 0.251 e. The van der Waals surface area contributed by atoms with E-state index in [-0.39, 0.29) is 17.8 Å². The lowest BCUT2D eigenvalue weighted by Gasteiger charge is -2.13. The Bertz CT molecular complexity index is 578. The molecule has 0 aliphatic rings. The number of rotatable bonds is 5. The van der Waals surface area contributed by atoms with Crippen molar-refractivity contribution in [2.24, 2.45) is 0 Å². The first-order valence-electron chi connectivity index (χ1n) is 6.65. The number of furan rings is 1. The Balaban J connectivity index is 1.88. The number of hydrogen-bond donors (Lipinski definition) is 1. The molecule has 1 unspecified atom stereocenters. The molecule has 1 N–H and O–H groups in total. The molecule has 4 heteroatoms. The van der Waals surface area contributed by atoms with E-state index in [0.717, 1.165) is 18.6 Å². The Morgan fingerprint density at radius 1 is 1.40 bits per heavy atom. The van der Waals surface area contributed by atoms with Crippen LogP contribution in [0.2, 0.25) is 0 Å². The predicted octanol–water partition coefficient (Wildman–Crippen LogP) is 3.48. The fraction of sp³-hybridized carbons (Fsp3) is 0.312. The Labute approximate surface area is 117 Å². The number of hydrogen-bond acceptors (Lipinski definition) is 2. The highest BCUT2D eigenvalue weighted by Gasteiger charge is 2.11. The van der Waals surface area contributed by atoms with Gasteiger partial charge in [0.2, 0.25) is 0 Å². The van der Waals surface area contributed by atoms with Gasteiger partial charge in [0.1, 0.15) is 11.6 Å². The quantitative estimate of drug-likeness (QED) is 0.907. The molecule has 1 aromatic heterocycles. The van der Waals surface area contributed by atoms with E-state index in [4.69, 9.17) is 4.42 Å². The van der Waals surface area contributed by atoms with Gasteiger partial charge >= 0.3 is 0 Å². The number of halogens is 1. The highest BCUT2D eigenvalue weighted by molar-refractivity contribution is 5.94. The third-order valence-corrected chi connectivity index (χ3v) is 3.22. The molecule has 0 saturated carbocycles. The molecule has 0 fully saturated rings. The van der Waals surface area contributed by atoms with Crippen LogP contribution in [0.3, 0.4) is 0 Å². The van der Waals surface area contributed by atoms with Gasteiger partial charge in [0.05, 0.1) is 6.26 Å². The van der Waals surface area contributed by atoms with Crippen molar-refractivity contribution >= 4 is 5.91 Å². The number of aryl methyl sites for hydroxylation is 2. The molecule has 0 aliphatic carbocycles. The van der Waals surface area contributed by atoms with Crippen LogP contribution in [0.5, 0.6) is 0 Å². The lowest BCUT2D eigenvalue weighted by Crippen LogP contribution is -2.32. The van der Waals surface area contributed by atoms with Crippen LogP contribution in [-0.2, 0) is 6.42 Å². The van der Waals surface area contributed by atoms with Crippen molar-refractivity contribution < 1.29 is 13.6 Å². The van der Waals surface area contributed by atoms with E-state index in [1.54, 1.807) is 25.3 Å². The summed E-state index contributed by atoms with van der Waals surface area (Å²) in [5, 5.41) is 2.86. The molecule has 1 heterocycles. The molecule has 0 bridgehead atoms. The van der Waals surface area contributed by atoms with Crippen LogP contribution >= 0.6 is 0 Å². The van der Waals surface area contributed by atoms with E-state index in [1.807, 2.05) is 19.1 Å². The van der Waals surface area contributed by atoms with Gasteiger partial charge in [0.15, 0.2) is 0 Å². The molecule has 20 heavy (non-hydrogen) atoms. The van der Waals surface area contributed by atoms with Crippen LogP contribution in [0.1, 0.15) is 35.0 Å². The molecule has 3 nitrogen and oxygen atoms in total. The van der Waals surface area contributed by atoms with Gasteiger partial charge in [-0.1, -0.05) is 6.07 Å². The number of carbonyl (C=O) groups excluding carboxylic acids is 1. The molecule has 1 atom stereocenters. The van der Waals surface area contributed by atoms with Gasteiger partial charge in [-0.3, -0.25) is 4.79 Å². The summed E-state index contributed by atoms with van der Waals surface area (Å²) in [4.78, 5) is 12.0. The van der Waals surface area contributed by atoms with Gasteiger partial charge in [0, 0.05) is 18.0 Å². The summed E-state index contributed by atoms with van der Waals surface area (Å²) in [7, 11) is 0. The summed E-state index contributed by atoms with van der Waals surface area (Å²) in [5.74, 6) is 0.282. The average Bonchev–Trinajstić information content (AvgIpc) is 2.92. The number of benzene rings is 1. The minimum Gasteiger partial charge on any atom is -0.469 e. The molecule has 0 radical (unpaired) electrons. The maximum atomic E-state index is 13.4. The maximum Gasteiger partial charge on any atom is 0.251 e. The maximum absolute atomic E-state index is 13.4. The van der Waals surface area contributed by atoms with Crippen LogP contribution in [0.4, 0.5) is 4.39 Å². The minimum absolute atomic E-state index is 0.00281. The lowest BCUT2D eigenvalue weighted by atomic mass is 10.1. The molecule has 1 amide bonds. The van der Waals surface area contributed by atoms with Crippen molar-refractivity contribution in [1.29, 1.82) is 0 Å². The third kappa shape index (κ3) is 3.70. The second-order valence-electron chi connectivity index (χ2n) is 4.96. The van der Waals surface area contributed by atoms with E-state index in [2.05, 4.69) is 5.32 Å². The summed E-state index contributed by atoms with van der Waals surface area (Å²) in [6, 6.07) is 8.25. The van der Waals surface area contributed by atoms with Crippen molar-refractivity contribution in [3.05, 3.63) is 59.3 Å². The van der Waals surface area contributed by atoms with E-state index in [1.165, 1.54) is 6.07 Å². The second kappa shape index (κ2) is 6.37. The van der Waals surface area contributed by atoms with Gasteiger partial charge in [-0.25, -0.2) is 4.39 Å². The zero-order chi connectivity index (χ0) is 14.5. The summed E-state index contributed by atoms with van der Waals surface area (Å²) < 4.78 is 18.7. The number of carbonyl (C=O) groups is 1. The molecule has 2 aromatic rings. The van der Waals surface area contributed by atoms with E-state index in [0.29, 0.717) is 11.1 Å². The zero-order valence-corrected chi connectivity index (χ0v) is 11.7. The molecule has 106 valence electrons. The molecular formula is C16H18FNO2. The molecule has 0 aliphatic heterocycles. The monoisotopic (exact) mass is 275 g/mol. The molecule has 2 rings (SSSR count). The molecule has 0 saturated heterocycles. The number of nitrogens with one attached hydrogen (secondary N) is 1. The SMILES string of the molecule is Cc1ccc(C(=O)NC(C)CCc2ccco2)cc1F. The standard InChI is InChI=1S/C16H18FNO2/c1-11-5-7-13(10-15(11)17)16(19)18-12(2)6-8-14-4-3-9-20-14/h3-5,7,9-10,12H,6,8H2,1-2H3,(H,18,19). The Morgan fingerprint density at radius 2 is 2.20 bits per heavy atom. The van der Waals surface area contributed by atoms with Crippen LogP contribution in [0, 0.1) is 12.7 Å². The van der Waals surface area contributed by atoms with Crippen molar-refractivity contribution in [3.8, 4) is 0 Å². The number of amides is 1. The minimum atomic E-state index is -0.360. The fourth-order valence-corrected chi connectivity index (χ4v) is 1.93. The normalized spacial score (nSPS) is 12.2. The van der Waals surface area contributed by atoms with E-state index < -0.39 is 0 Å². The Kier molecular flexibility index (Phi) is 4.56. The van der Waals surface area contributed by atoms with Crippen molar-refractivity contribution in [3.63, 3.8) is 0 Å². The van der Waals surface area contributed by atoms with Crippen LogP contribution in [0.15, 0.2) is 41.0 Å². The second-order valence-corrected chi connectivity index (χ2v) is 4.96. The van der Waals surface area contributed by atoms with Gasteiger partial charge < -0.3 is 9.73 Å². The average molecular weight is 275 g/mol. The molecular weight excluding hydrogens is 257 g/mol. The lowest BCUT2D eigenvalue weighted by molar-refractivity contribution is 0.0937. The highest BCUT2D eigenvalue weighted by atomic mass is 19.1. The summed E-state index contributed by atoms with van der Waals surface area (Å²) >= 11 is 0. The van der Waals surface area contributed by atoms with Crippen LogP contribution in [0.25, 0.3) is 0 Å². The van der Waals surface area contributed by atoms with E-state index >= 15 is 0 Å². The molecule has 1 aromatic carbocycles. The van der Waals surface area contributed by atoms with Crippen molar-refractivity contribution in [2.45, 2.75) is 32.7 Å². The molecule has 0 spiro atoms. The van der Waals surface area contributed by atoms with Gasteiger partial charge in [-0.05, 0) is 50.1 Å². The first-order chi connectivity index (χ1) is 9.56. The van der Waals surface area contributed by atoms with Crippen molar-refractivity contribution in [2.75, 3.05) is 0 Å². The first kappa shape index (κ1) is 14.3. The summed E-state index contributed by atoms with van der Waals surface area (Å²) in [6.07, 6.45) is 3.16. The Morgan fingerprint density at radius 3 is 2.85 bits per heavy atom. The van der Waals surface area contributed by atoms with E-state index in [9.17, 15) is 9.18 Å². The first-order valence-corrected chi connectivity index (χ1v) is 6.65.